The summed E-state index contributed by atoms with van der Waals surface area (Å²) in [7, 11) is -3.37. The van der Waals surface area contributed by atoms with Crippen LogP contribution in [0, 0.1) is 5.92 Å². The van der Waals surface area contributed by atoms with E-state index in [2.05, 4.69) is 4.18 Å². The normalized spacial score (nSPS) is 32.5. The molecule has 0 saturated carbocycles. The lowest BCUT2D eigenvalue weighted by molar-refractivity contribution is -0.0535. The van der Waals surface area contributed by atoms with E-state index in [0.29, 0.717) is 6.61 Å². The van der Waals surface area contributed by atoms with E-state index >= 15 is 0 Å². The smallest absolute Gasteiger partial charge is 0.266 e. The Balaban J connectivity index is 2.50. The van der Waals surface area contributed by atoms with Crippen molar-refractivity contribution in [2.45, 2.75) is 19.6 Å². The minimum Gasteiger partial charge on any atom is -0.351 e. The maximum absolute atomic E-state index is 10.6. The maximum Gasteiger partial charge on any atom is 0.266 e. The van der Waals surface area contributed by atoms with Gasteiger partial charge in [-0.3, -0.25) is 0 Å². The van der Waals surface area contributed by atoms with Gasteiger partial charge in [0.05, 0.1) is 12.9 Å². The zero-order valence-corrected chi connectivity index (χ0v) is 7.43. The molecule has 0 aromatic heterocycles. The number of hydrogen-bond donors (Lipinski definition) is 0. The monoisotopic (exact) mass is 180 g/mol. The van der Waals surface area contributed by atoms with Crippen molar-refractivity contribution in [1.82, 2.24) is 0 Å². The molecule has 1 saturated heterocycles. The van der Waals surface area contributed by atoms with Crippen LogP contribution in [0.1, 0.15) is 13.3 Å². The van der Waals surface area contributed by atoms with Crippen LogP contribution in [0.15, 0.2) is 0 Å². The first kappa shape index (κ1) is 8.96. The Morgan fingerprint density at radius 2 is 2.18 bits per heavy atom. The van der Waals surface area contributed by atoms with Gasteiger partial charge in [0.15, 0.2) is 6.29 Å². The fraction of sp³-hybridized carbons (Fsp3) is 1.00. The first-order valence-electron chi connectivity index (χ1n) is 3.49. The van der Waals surface area contributed by atoms with Gasteiger partial charge in [0.1, 0.15) is 0 Å². The van der Waals surface area contributed by atoms with Crippen LogP contribution in [-0.2, 0) is 19.0 Å². The standard InChI is InChI=1S/C6H12O4S/c1-5-3-4-9-6(5)10-11(2,7)8/h5-6H,3-4H2,1-2H3. The summed E-state index contributed by atoms with van der Waals surface area (Å²) in [4.78, 5) is 0. The highest BCUT2D eigenvalue weighted by molar-refractivity contribution is 7.86. The molecule has 0 bridgehead atoms. The third-order valence-electron chi connectivity index (χ3n) is 1.59. The van der Waals surface area contributed by atoms with Gasteiger partial charge in [-0.15, -0.1) is 0 Å². The molecule has 11 heavy (non-hydrogen) atoms. The average Bonchev–Trinajstić information content (AvgIpc) is 2.12. The number of rotatable bonds is 2. The molecular formula is C6H12O4S. The molecule has 0 spiro atoms. The van der Waals surface area contributed by atoms with E-state index in [4.69, 9.17) is 4.74 Å². The Kier molecular flexibility index (Phi) is 2.51. The lowest BCUT2D eigenvalue weighted by Gasteiger charge is -2.12. The van der Waals surface area contributed by atoms with Crippen LogP contribution >= 0.6 is 0 Å². The van der Waals surface area contributed by atoms with E-state index in [1.165, 1.54) is 0 Å². The van der Waals surface area contributed by atoms with Crippen LogP contribution in [0.25, 0.3) is 0 Å². The fourth-order valence-electron chi connectivity index (χ4n) is 0.965. The lowest BCUT2D eigenvalue weighted by atomic mass is 10.1. The molecule has 0 amide bonds. The van der Waals surface area contributed by atoms with Gasteiger partial charge in [0.2, 0.25) is 0 Å². The van der Waals surface area contributed by atoms with E-state index in [1.54, 1.807) is 0 Å². The Labute approximate surface area is 66.6 Å². The van der Waals surface area contributed by atoms with Gasteiger partial charge in [-0.25, -0.2) is 4.18 Å². The first-order valence-corrected chi connectivity index (χ1v) is 5.30. The van der Waals surface area contributed by atoms with Gasteiger partial charge in [0, 0.05) is 5.92 Å². The summed E-state index contributed by atoms with van der Waals surface area (Å²) in [6.45, 7) is 2.49. The average molecular weight is 180 g/mol. The summed E-state index contributed by atoms with van der Waals surface area (Å²) in [5.41, 5.74) is 0. The Hall–Kier alpha value is -0.130. The highest BCUT2D eigenvalue weighted by Gasteiger charge is 2.28. The summed E-state index contributed by atoms with van der Waals surface area (Å²) < 4.78 is 31.0. The van der Waals surface area contributed by atoms with Crippen molar-refractivity contribution in [2.75, 3.05) is 12.9 Å². The molecule has 5 heteroatoms. The molecule has 1 heterocycles. The SMILES string of the molecule is CC1CCOC1OS(C)(=O)=O. The van der Waals surface area contributed by atoms with E-state index in [-0.39, 0.29) is 5.92 Å². The highest BCUT2D eigenvalue weighted by Crippen LogP contribution is 2.21. The van der Waals surface area contributed by atoms with Gasteiger partial charge >= 0.3 is 0 Å². The Bertz CT molecular complexity index is 221. The first-order chi connectivity index (χ1) is 4.99. The van der Waals surface area contributed by atoms with Crippen molar-refractivity contribution < 1.29 is 17.3 Å². The largest absolute Gasteiger partial charge is 0.351 e. The van der Waals surface area contributed by atoms with Gasteiger partial charge < -0.3 is 4.74 Å². The Morgan fingerprint density at radius 3 is 2.55 bits per heavy atom. The quantitative estimate of drug-likeness (QED) is 0.575. The molecule has 1 aliphatic rings. The van der Waals surface area contributed by atoms with Crippen LogP contribution < -0.4 is 0 Å². The predicted molar refractivity (Wildman–Crippen MR) is 39.4 cm³/mol. The summed E-state index contributed by atoms with van der Waals surface area (Å²) in [6.07, 6.45) is 1.33. The van der Waals surface area contributed by atoms with Crippen molar-refractivity contribution in [3.8, 4) is 0 Å². The third kappa shape index (κ3) is 2.76. The van der Waals surface area contributed by atoms with Crippen LogP contribution in [0.5, 0.6) is 0 Å². The third-order valence-corrected chi connectivity index (χ3v) is 2.13. The molecule has 4 nitrogen and oxygen atoms in total. The summed E-state index contributed by atoms with van der Waals surface area (Å²) in [5.74, 6) is 0.171. The topological polar surface area (TPSA) is 52.6 Å². The summed E-state index contributed by atoms with van der Waals surface area (Å²) in [6, 6.07) is 0. The molecule has 66 valence electrons. The van der Waals surface area contributed by atoms with E-state index in [0.717, 1.165) is 12.7 Å². The minimum atomic E-state index is -3.37. The molecule has 1 fully saturated rings. The molecule has 0 N–H and O–H groups in total. The fourth-order valence-corrected chi connectivity index (χ4v) is 1.56. The zero-order chi connectivity index (χ0) is 8.48. The van der Waals surface area contributed by atoms with Crippen molar-refractivity contribution in [1.29, 1.82) is 0 Å². The predicted octanol–water partition coefficient (Wildman–Crippen LogP) is 0.345. The molecule has 0 aromatic carbocycles. The van der Waals surface area contributed by atoms with E-state index in [9.17, 15) is 8.42 Å². The molecule has 0 radical (unpaired) electrons. The maximum atomic E-state index is 10.6. The molecule has 0 aliphatic carbocycles. The van der Waals surface area contributed by atoms with Gasteiger partial charge in [-0.1, -0.05) is 6.92 Å². The number of hydrogen-bond acceptors (Lipinski definition) is 4. The van der Waals surface area contributed by atoms with E-state index in [1.807, 2.05) is 6.92 Å². The molecular weight excluding hydrogens is 168 g/mol. The summed E-state index contributed by atoms with van der Waals surface area (Å²) >= 11 is 0. The van der Waals surface area contributed by atoms with Crippen LogP contribution in [0.4, 0.5) is 0 Å². The van der Waals surface area contributed by atoms with E-state index < -0.39 is 16.4 Å². The second kappa shape index (κ2) is 3.08. The lowest BCUT2D eigenvalue weighted by Crippen LogP contribution is -2.21. The second-order valence-electron chi connectivity index (χ2n) is 2.81. The van der Waals surface area contributed by atoms with Crippen molar-refractivity contribution in [3.05, 3.63) is 0 Å². The molecule has 0 aromatic rings. The van der Waals surface area contributed by atoms with Gasteiger partial charge in [0.25, 0.3) is 10.1 Å². The van der Waals surface area contributed by atoms with Crippen LogP contribution in [-0.4, -0.2) is 27.6 Å². The van der Waals surface area contributed by atoms with Gasteiger partial charge in [-0.2, -0.15) is 8.42 Å². The molecule has 2 atom stereocenters. The van der Waals surface area contributed by atoms with Crippen molar-refractivity contribution in [2.24, 2.45) is 5.92 Å². The van der Waals surface area contributed by atoms with Gasteiger partial charge in [-0.05, 0) is 6.42 Å². The molecule has 2 unspecified atom stereocenters. The zero-order valence-electron chi connectivity index (χ0n) is 6.61. The highest BCUT2D eigenvalue weighted by atomic mass is 32.2. The van der Waals surface area contributed by atoms with Crippen molar-refractivity contribution in [3.63, 3.8) is 0 Å². The Morgan fingerprint density at radius 1 is 1.55 bits per heavy atom. The van der Waals surface area contributed by atoms with Crippen molar-refractivity contribution >= 4 is 10.1 Å². The minimum absolute atomic E-state index is 0.171. The molecule has 1 rings (SSSR count). The van der Waals surface area contributed by atoms with Crippen LogP contribution in [0.2, 0.25) is 0 Å². The summed E-state index contributed by atoms with van der Waals surface area (Å²) in [5, 5.41) is 0. The van der Waals surface area contributed by atoms with Crippen LogP contribution in [0.3, 0.4) is 0 Å². The second-order valence-corrected chi connectivity index (χ2v) is 4.41. The number of ether oxygens (including phenoxy) is 1. The molecule has 1 aliphatic heterocycles.